The van der Waals surface area contributed by atoms with Crippen LogP contribution in [0.5, 0.6) is 5.88 Å². The monoisotopic (exact) mass is 299 g/mol. The summed E-state index contributed by atoms with van der Waals surface area (Å²) in [7, 11) is 0. The summed E-state index contributed by atoms with van der Waals surface area (Å²) in [5, 5.41) is 9.60. The Labute approximate surface area is 118 Å². The van der Waals surface area contributed by atoms with E-state index in [1.807, 2.05) is 0 Å². The number of rotatable bonds is 5. The van der Waals surface area contributed by atoms with Crippen LogP contribution in [-0.2, 0) is 0 Å². The fraction of sp³-hybridized carbons (Fsp3) is 0.286. The number of aromatic carboxylic acids is 1. The van der Waals surface area contributed by atoms with Gasteiger partial charge in [0.2, 0.25) is 5.88 Å². The maximum Gasteiger partial charge on any atom is 0.389 e. The molecule has 0 aliphatic rings. The Bertz CT molecular complexity index is 655. The summed E-state index contributed by atoms with van der Waals surface area (Å²) in [6.45, 7) is -0.177. The number of alkyl halides is 3. The number of para-hydroxylation sites is 1. The van der Waals surface area contributed by atoms with Crippen LogP contribution in [0.25, 0.3) is 10.9 Å². The van der Waals surface area contributed by atoms with Crippen LogP contribution in [0.3, 0.4) is 0 Å². The summed E-state index contributed by atoms with van der Waals surface area (Å²) in [6.07, 6.45) is -5.39. The Morgan fingerprint density at radius 3 is 2.67 bits per heavy atom. The normalized spacial score (nSPS) is 11.6. The summed E-state index contributed by atoms with van der Waals surface area (Å²) in [6, 6.07) is 7.82. The fourth-order valence-electron chi connectivity index (χ4n) is 1.85. The highest BCUT2D eigenvalue weighted by atomic mass is 19.4. The number of ether oxygens (including phenoxy) is 1. The number of fused-ring (bicyclic) bond motifs is 1. The standard InChI is InChI=1S/C14H12F3NO3/c15-14(16,17)6-3-7-21-12-8-10(13(19)20)9-4-1-2-5-11(9)18-12/h1-2,4-5,8H,3,6-7H2,(H,19,20). The van der Waals surface area contributed by atoms with Crippen LogP contribution in [0.15, 0.2) is 30.3 Å². The zero-order valence-corrected chi connectivity index (χ0v) is 10.9. The van der Waals surface area contributed by atoms with E-state index in [-0.39, 0.29) is 24.5 Å². The van der Waals surface area contributed by atoms with Gasteiger partial charge >= 0.3 is 12.1 Å². The minimum atomic E-state index is -4.23. The van der Waals surface area contributed by atoms with Crippen LogP contribution in [-0.4, -0.2) is 28.8 Å². The number of halogens is 3. The van der Waals surface area contributed by atoms with E-state index in [0.29, 0.717) is 10.9 Å². The first-order valence-corrected chi connectivity index (χ1v) is 6.19. The van der Waals surface area contributed by atoms with Gasteiger partial charge in [-0.2, -0.15) is 13.2 Å². The number of nitrogens with zero attached hydrogens (tertiary/aromatic N) is 1. The number of benzene rings is 1. The average Bonchev–Trinajstić information content (AvgIpc) is 2.41. The van der Waals surface area contributed by atoms with Gasteiger partial charge in [0, 0.05) is 17.9 Å². The molecule has 0 fully saturated rings. The molecule has 0 saturated carbocycles. The lowest BCUT2D eigenvalue weighted by Gasteiger charge is -2.09. The van der Waals surface area contributed by atoms with Crippen molar-refractivity contribution in [1.29, 1.82) is 0 Å². The topological polar surface area (TPSA) is 59.4 Å². The summed E-state index contributed by atoms with van der Waals surface area (Å²) < 4.78 is 41.2. The molecule has 1 heterocycles. The molecule has 0 atom stereocenters. The third-order valence-electron chi connectivity index (χ3n) is 2.78. The first-order valence-electron chi connectivity index (χ1n) is 6.19. The number of hydrogen-bond donors (Lipinski definition) is 1. The van der Waals surface area contributed by atoms with Crippen molar-refractivity contribution in [2.45, 2.75) is 19.0 Å². The molecule has 0 saturated heterocycles. The van der Waals surface area contributed by atoms with Crippen LogP contribution in [0.4, 0.5) is 13.2 Å². The van der Waals surface area contributed by atoms with Crippen LogP contribution in [0.1, 0.15) is 23.2 Å². The predicted octanol–water partition coefficient (Wildman–Crippen LogP) is 3.65. The quantitative estimate of drug-likeness (QED) is 0.856. The van der Waals surface area contributed by atoms with Crippen molar-refractivity contribution in [3.63, 3.8) is 0 Å². The largest absolute Gasteiger partial charge is 0.478 e. The average molecular weight is 299 g/mol. The Morgan fingerprint density at radius 1 is 1.29 bits per heavy atom. The molecule has 0 aliphatic heterocycles. The second kappa shape index (κ2) is 5.99. The highest BCUT2D eigenvalue weighted by Gasteiger charge is 2.26. The number of pyridine rings is 1. The maximum absolute atomic E-state index is 12.0. The van der Waals surface area contributed by atoms with Crippen molar-refractivity contribution >= 4 is 16.9 Å². The maximum atomic E-state index is 12.0. The van der Waals surface area contributed by atoms with Gasteiger partial charge in [-0.25, -0.2) is 9.78 Å². The minimum absolute atomic E-state index is 0.00595. The Balaban J connectivity index is 2.15. The molecule has 21 heavy (non-hydrogen) atoms. The lowest BCUT2D eigenvalue weighted by atomic mass is 10.1. The number of carboxylic acid groups (broad SMARTS) is 1. The van der Waals surface area contributed by atoms with Crippen molar-refractivity contribution in [3.05, 3.63) is 35.9 Å². The third kappa shape index (κ3) is 4.08. The van der Waals surface area contributed by atoms with Crippen LogP contribution in [0, 0.1) is 0 Å². The van der Waals surface area contributed by atoms with Gasteiger partial charge in [0.25, 0.3) is 0 Å². The zero-order chi connectivity index (χ0) is 15.5. The van der Waals surface area contributed by atoms with Gasteiger partial charge in [-0.1, -0.05) is 18.2 Å². The Hall–Kier alpha value is -2.31. The van der Waals surface area contributed by atoms with Gasteiger partial charge in [-0.3, -0.25) is 0 Å². The van der Waals surface area contributed by atoms with E-state index >= 15 is 0 Å². The molecule has 0 aliphatic carbocycles. The molecule has 1 aromatic carbocycles. The van der Waals surface area contributed by atoms with Crippen LogP contribution in [0.2, 0.25) is 0 Å². The van der Waals surface area contributed by atoms with Crippen LogP contribution >= 0.6 is 0 Å². The number of aromatic nitrogens is 1. The van der Waals surface area contributed by atoms with E-state index < -0.39 is 18.6 Å². The molecule has 2 aromatic rings. The fourth-order valence-corrected chi connectivity index (χ4v) is 1.85. The second-order valence-electron chi connectivity index (χ2n) is 4.40. The molecule has 0 radical (unpaired) electrons. The van der Waals surface area contributed by atoms with Crippen LogP contribution < -0.4 is 4.74 Å². The van der Waals surface area contributed by atoms with Gasteiger partial charge in [0.05, 0.1) is 17.7 Å². The number of hydrogen-bond acceptors (Lipinski definition) is 3. The highest BCUT2D eigenvalue weighted by molar-refractivity contribution is 6.02. The third-order valence-corrected chi connectivity index (χ3v) is 2.78. The van der Waals surface area contributed by atoms with Crippen molar-refractivity contribution in [2.75, 3.05) is 6.61 Å². The summed E-state index contributed by atoms with van der Waals surface area (Å²) in [5.41, 5.74) is 0.426. The molecular formula is C14H12F3NO3. The predicted molar refractivity (Wildman–Crippen MR) is 69.5 cm³/mol. The highest BCUT2D eigenvalue weighted by Crippen LogP contribution is 2.24. The van der Waals surface area contributed by atoms with E-state index in [4.69, 9.17) is 9.84 Å². The zero-order valence-electron chi connectivity index (χ0n) is 10.9. The molecule has 1 N–H and O–H groups in total. The molecular weight excluding hydrogens is 287 g/mol. The molecule has 2 rings (SSSR count). The SMILES string of the molecule is O=C(O)c1cc(OCCCC(F)(F)F)nc2ccccc12. The molecule has 0 unspecified atom stereocenters. The van der Waals surface area contributed by atoms with Gasteiger partial charge in [0.15, 0.2) is 0 Å². The Kier molecular flexibility index (Phi) is 4.30. The molecule has 1 aromatic heterocycles. The lowest BCUT2D eigenvalue weighted by Crippen LogP contribution is -2.10. The molecule has 0 spiro atoms. The molecule has 0 bridgehead atoms. The summed E-state index contributed by atoms with van der Waals surface area (Å²) in [4.78, 5) is 15.3. The second-order valence-corrected chi connectivity index (χ2v) is 4.40. The molecule has 0 amide bonds. The summed E-state index contributed by atoms with van der Waals surface area (Å²) in [5.74, 6) is -1.14. The van der Waals surface area contributed by atoms with Gasteiger partial charge in [-0.15, -0.1) is 0 Å². The van der Waals surface area contributed by atoms with Gasteiger partial charge in [-0.05, 0) is 12.5 Å². The van der Waals surface area contributed by atoms with E-state index in [2.05, 4.69) is 4.98 Å². The van der Waals surface area contributed by atoms with Gasteiger partial charge < -0.3 is 9.84 Å². The Morgan fingerprint density at radius 2 is 2.00 bits per heavy atom. The van der Waals surface area contributed by atoms with Crippen molar-refractivity contribution in [3.8, 4) is 5.88 Å². The first kappa shape index (κ1) is 15.1. The van der Waals surface area contributed by atoms with Crippen molar-refractivity contribution in [1.82, 2.24) is 4.98 Å². The van der Waals surface area contributed by atoms with E-state index in [9.17, 15) is 18.0 Å². The molecule has 112 valence electrons. The first-order chi connectivity index (χ1) is 9.87. The van der Waals surface area contributed by atoms with E-state index in [0.717, 1.165) is 0 Å². The van der Waals surface area contributed by atoms with E-state index in [1.165, 1.54) is 6.07 Å². The molecule has 4 nitrogen and oxygen atoms in total. The molecule has 7 heteroatoms. The summed E-state index contributed by atoms with van der Waals surface area (Å²) >= 11 is 0. The van der Waals surface area contributed by atoms with Gasteiger partial charge in [0.1, 0.15) is 0 Å². The minimum Gasteiger partial charge on any atom is -0.478 e. The van der Waals surface area contributed by atoms with Crippen molar-refractivity contribution < 1.29 is 27.8 Å². The lowest BCUT2D eigenvalue weighted by molar-refractivity contribution is -0.136. The smallest absolute Gasteiger partial charge is 0.389 e. The van der Waals surface area contributed by atoms with E-state index in [1.54, 1.807) is 24.3 Å². The number of carbonyl (C=O) groups is 1. The number of carboxylic acids is 1. The van der Waals surface area contributed by atoms with Crippen molar-refractivity contribution in [2.24, 2.45) is 0 Å².